The third-order valence-electron chi connectivity index (χ3n) is 2.58. The van der Waals surface area contributed by atoms with Crippen LogP contribution in [0.1, 0.15) is 65.2 Å². The van der Waals surface area contributed by atoms with E-state index in [2.05, 4.69) is 11.7 Å². The number of Topliss-reactive ketones (excluding diaryl/α,β-unsaturated/α-hetero) is 1. The van der Waals surface area contributed by atoms with Crippen LogP contribution < -0.4 is 0 Å². The average Bonchev–Trinajstić information content (AvgIpc) is 2.27. The first-order valence-electron chi connectivity index (χ1n) is 6.46. The molecule has 100 valence electrons. The number of ketones is 1. The Morgan fingerprint density at radius 1 is 1.06 bits per heavy atom. The van der Waals surface area contributed by atoms with Crippen LogP contribution in [0.3, 0.4) is 0 Å². The Hall–Kier alpha value is -0.900. The zero-order valence-corrected chi connectivity index (χ0v) is 10.9. The van der Waals surface area contributed by atoms with E-state index in [1.165, 1.54) is 32.6 Å². The zero-order chi connectivity index (χ0) is 13.1. The number of aliphatic hydroxyl groups excluding tert-OH is 1. The lowest BCUT2D eigenvalue weighted by Crippen LogP contribution is -2.24. The second-order valence-corrected chi connectivity index (χ2v) is 4.32. The Kier molecular flexibility index (Phi) is 9.72. The van der Waals surface area contributed by atoms with Crippen LogP contribution in [0.2, 0.25) is 0 Å². The SMILES string of the molecule is CCCCCCCCCC(=O)OC(O)C(C)=O. The van der Waals surface area contributed by atoms with Crippen LogP contribution in [0.15, 0.2) is 0 Å². The first-order chi connectivity index (χ1) is 8.07. The van der Waals surface area contributed by atoms with E-state index in [4.69, 9.17) is 5.11 Å². The maximum Gasteiger partial charge on any atom is 0.308 e. The van der Waals surface area contributed by atoms with Gasteiger partial charge in [-0.15, -0.1) is 0 Å². The summed E-state index contributed by atoms with van der Waals surface area (Å²) >= 11 is 0. The van der Waals surface area contributed by atoms with Crippen LogP contribution in [0.5, 0.6) is 0 Å². The van der Waals surface area contributed by atoms with Gasteiger partial charge in [-0.05, 0) is 6.42 Å². The third kappa shape index (κ3) is 10.00. The van der Waals surface area contributed by atoms with Crippen molar-refractivity contribution in [3.8, 4) is 0 Å². The lowest BCUT2D eigenvalue weighted by atomic mass is 10.1. The predicted molar refractivity (Wildman–Crippen MR) is 65.4 cm³/mol. The number of unbranched alkanes of at least 4 members (excludes halogenated alkanes) is 6. The van der Waals surface area contributed by atoms with Crippen LogP contribution in [0.4, 0.5) is 0 Å². The van der Waals surface area contributed by atoms with Crippen molar-refractivity contribution in [3.63, 3.8) is 0 Å². The fourth-order valence-electron chi connectivity index (χ4n) is 1.49. The number of rotatable bonds is 10. The van der Waals surface area contributed by atoms with Crippen molar-refractivity contribution in [2.75, 3.05) is 0 Å². The van der Waals surface area contributed by atoms with Gasteiger partial charge in [0.1, 0.15) is 0 Å². The molecule has 0 amide bonds. The summed E-state index contributed by atoms with van der Waals surface area (Å²) in [5.74, 6) is -1.04. The monoisotopic (exact) mass is 244 g/mol. The van der Waals surface area contributed by atoms with Gasteiger partial charge in [-0.3, -0.25) is 9.59 Å². The number of hydrogen-bond donors (Lipinski definition) is 1. The molecule has 1 atom stereocenters. The zero-order valence-electron chi connectivity index (χ0n) is 10.9. The van der Waals surface area contributed by atoms with E-state index in [1.54, 1.807) is 0 Å². The van der Waals surface area contributed by atoms with Crippen LogP contribution in [0, 0.1) is 0 Å². The van der Waals surface area contributed by atoms with E-state index in [0.29, 0.717) is 0 Å². The van der Waals surface area contributed by atoms with E-state index in [-0.39, 0.29) is 6.42 Å². The van der Waals surface area contributed by atoms with Crippen molar-refractivity contribution in [2.24, 2.45) is 0 Å². The summed E-state index contributed by atoms with van der Waals surface area (Å²) < 4.78 is 4.52. The van der Waals surface area contributed by atoms with E-state index in [0.717, 1.165) is 19.3 Å². The molecule has 0 heterocycles. The molecule has 0 aliphatic carbocycles. The Balaban J connectivity index is 3.36. The smallest absolute Gasteiger partial charge is 0.308 e. The van der Waals surface area contributed by atoms with Crippen molar-refractivity contribution >= 4 is 11.8 Å². The number of carbonyl (C=O) groups is 2. The quantitative estimate of drug-likeness (QED) is 0.364. The molecule has 0 saturated heterocycles. The minimum absolute atomic E-state index is 0.276. The van der Waals surface area contributed by atoms with Gasteiger partial charge in [0.15, 0.2) is 5.78 Å². The predicted octanol–water partition coefficient (Wildman–Crippen LogP) is 2.58. The average molecular weight is 244 g/mol. The Labute approximate surface area is 103 Å². The molecule has 0 aromatic heterocycles. The molecule has 4 heteroatoms. The maximum absolute atomic E-state index is 11.2. The van der Waals surface area contributed by atoms with Crippen LogP contribution in [-0.2, 0) is 14.3 Å². The van der Waals surface area contributed by atoms with Gasteiger partial charge in [0, 0.05) is 13.3 Å². The Bertz CT molecular complexity index is 225. The van der Waals surface area contributed by atoms with E-state index in [9.17, 15) is 9.59 Å². The molecule has 1 unspecified atom stereocenters. The second kappa shape index (κ2) is 10.3. The van der Waals surface area contributed by atoms with Gasteiger partial charge >= 0.3 is 5.97 Å². The highest BCUT2D eigenvalue weighted by molar-refractivity contribution is 5.81. The lowest BCUT2D eigenvalue weighted by Gasteiger charge is -2.08. The van der Waals surface area contributed by atoms with E-state index < -0.39 is 18.0 Å². The second-order valence-electron chi connectivity index (χ2n) is 4.32. The maximum atomic E-state index is 11.2. The largest absolute Gasteiger partial charge is 0.428 e. The number of aliphatic hydroxyl groups is 1. The van der Waals surface area contributed by atoms with Crippen molar-refractivity contribution in [1.29, 1.82) is 0 Å². The summed E-state index contributed by atoms with van der Waals surface area (Å²) in [5, 5.41) is 9.00. The molecule has 0 spiro atoms. The minimum atomic E-state index is -1.59. The van der Waals surface area contributed by atoms with Gasteiger partial charge in [0.2, 0.25) is 0 Å². The molecular formula is C13H24O4. The molecule has 1 N–H and O–H groups in total. The summed E-state index contributed by atoms with van der Waals surface area (Å²) in [7, 11) is 0. The Morgan fingerprint density at radius 2 is 1.59 bits per heavy atom. The molecule has 0 aromatic carbocycles. The van der Waals surface area contributed by atoms with E-state index in [1.807, 2.05) is 0 Å². The van der Waals surface area contributed by atoms with Crippen molar-refractivity contribution in [3.05, 3.63) is 0 Å². The minimum Gasteiger partial charge on any atom is -0.428 e. The van der Waals surface area contributed by atoms with Crippen molar-refractivity contribution in [1.82, 2.24) is 0 Å². The molecule has 0 radical (unpaired) electrons. The van der Waals surface area contributed by atoms with Gasteiger partial charge in [-0.2, -0.15) is 0 Å². The summed E-state index contributed by atoms with van der Waals surface area (Å²) in [4.78, 5) is 21.8. The first-order valence-corrected chi connectivity index (χ1v) is 6.46. The van der Waals surface area contributed by atoms with Crippen LogP contribution in [-0.4, -0.2) is 23.1 Å². The molecule has 17 heavy (non-hydrogen) atoms. The van der Waals surface area contributed by atoms with Gasteiger partial charge in [0.25, 0.3) is 6.29 Å². The molecule has 0 saturated carbocycles. The molecule has 0 aliphatic rings. The lowest BCUT2D eigenvalue weighted by molar-refractivity contribution is -0.174. The first kappa shape index (κ1) is 16.1. The highest BCUT2D eigenvalue weighted by atomic mass is 16.6. The topological polar surface area (TPSA) is 63.6 Å². The van der Waals surface area contributed by atoms with Crippen molar-refractivity contribution in [2.45, 2.75) is 71.5 Å². The normalized spacial score (nSPS) is 12.2. The summed E-state index contributed by atoms with van der Waals surface area (Å²) in [5.41, 5.74) is 0. The number of carbonyl (C=O) groups excluding carboxylic acids is 2. The fraction of sp³-hybridized carbons (Fsp3) is 0.846. The molecule has 0 bridgehead atoms. The highest BCUT2D eigenvalue weighted by Gasteiger charge is 2.14. The fourth-order valence-corrected chi connectivity index (χ4v) is 1.49. The third-order valence-corrected chi connectivity index (χ3v) is 2.58. The summed E-state index contributed by atoms with van der Waals surface area (Å²) in [6, 6.07) is 0. The van der Waals surface area contributed by atoms with Crippen LogP contribution >= 0.6 is 0 Å². The molecular weight excluding hydrogens is 220 g/mol. The standard InChI is InChI=1S/C13H24O4/c1-3-4-5-6-7-8-9-10-12(15)17-13(16)11(2)14/h13,16H,3-10H2,1-2H3. The van der Waals surface area contributed by atoms with Gasteiger partial charge in [-0.25, -0.2) is 0 Å². The van der Waals surface area contributed by atoms with Crippen LogP contribution in [0.25, 0.3) is 0 Å². The highest BCUT2D eigenvalue weighted by Crippen LogP contribution is 2.09. The van der Waals surface area contributed by atoms with Crippen molar-refractivity contribution < 1.29 is 19.4 Å². The summed E-state index contributed by atoms with van der Waals surface area (Å²) in [6.07, 6.45) is 6.53. The summed E-state index contributed by atoms with van der Waals surface area (Å²) in [6.45, 7) is 3.36. The van der Waals surface area contributed by atoms with Gasteiger partial charge in [-0.1, -0.05) is 45.4 Å². The van der Waals surface area contributed by atoms with Gasteiger partial charge in [0.05, 0.1) is 0 Å². The number of ether oxygens (including phenoxy) is 1. The Morgan fingerprint density at radius 3 is 2.12 bits per heavy atom. The van der Waals surface area contributed by atoms with E-state index >= 15 is 0 Å². The molecule has 0 aromatic rings. The molecule has 0 fully saturated rings. The molecule has 0 aliphatic heterocycles. The van der Waals surface area contributed by atoms with Gasteiger partial charge < -0.3 is 9.84 Å². The molecule has 0 rings (SSSR count). The molecule has 4 nitrogen and oxygen atoms in total. The number of esters is 1. The number of hydrogen-bond acceptors (Lipinski definition) is 4.